The van der Waals surface area contributed by atoms with Gasteiger partial charge in [-0.25, -0.2) is 9.07 Å². The van der Waals surface area contributed by atoms with Crippen LogP contribution in [0, 0.1) is 5.82 Å². The van der Waals surface area contributed by atoms with Crippen molar-refractivity contribution in [1.29, 1.82) is 0 Å². The van der Waals surface area contributed by atoms with Crippen molar-refractivity contribution in [3.63, 3.8) is 0 Å². The molecular weight excluding hydrogens is 381 g/mol. The molecule has 5 rings (SSSR count). The van der Waals surface area contributed by atoms with Crippen LogP contribution in [-0.2, 0) is 6.42 Å². The van der Waals surface area contributed by atoms with E-state index >= 15 is 0 Å². The molecule has 1 aliphatic rings. The number of hydrogen-bond acceptors (Lipinski definition) is 4. The number of ether oxygens (including phenoxy) is 2. The van der Waals surface area contributed by atoms with Crippen LogP contribution >= 0.6 is 0 Å². The first-order chi connectivity index (χ1) is 14.6. The van der Waals surface area contributed by atoms with Crippen molar-refractivity contribution >= 4 is 10.9 Å². The highest BCUT2D eigenvalue weighted by atomic mass is 19.1. The van der Waals surface area contributed by atoms with E-state index in [4.69, 9.17) is 15.2 Å². The predicted molar refractivity (Wildman–Crippen MR) is 114 cm³/mol. The third-order valence-corrected chi connectivity index (χ3v) is 5.40. The van der Waals surface area contributed by atoms with Gasteiger partial charge in [-0.15, -0.1) is 0 Å². The fourth-order valence-corrected chi connectivity index (χ4v) is 3.86. The fourth-order valence-electron chi connectivity index (χ4n) is 3.86. The number of benzene rings is 3. The van der Waals surface area contributed by atoms with E-state index < -0.39 is 0 Å². The molecule has 2 atom stereocenters. The number of nitrogens with two attached hydrogens (primary N) is 1. The Hall–Kier alpha value is -3.38. The summed E-state index contributed by atoms with van der Waals surface area (Å²) in [6, 6.07) is 18.0. The number of hydrogen-bond donors (Lipinski definition) is 1. The SMILES string of the molecule is CC(N)C(Oc1ccc2c(cnn2-c2ccc(F)cc2)c1)c1ccc2c(c1)OCC2. The van der Waals surface area contributed by atoms with Gasteiger partial charge in [0, 0.05) is 17.8 Å². The van der Waals surface area contributed by atoms with Crippen LogP contribution in [-0.4, -0.2) is 22.4 Å². The normalized spacial score (nSPS) is 14.9. The summed E-state index contributed by atoms with van der Waals surface area (Å²) in [6.45, 7) is 2.65. The van der Waals surface area contributed by atoms with E-state index in [1.807, 2.05) is 31.2 Å². The van der Waals surface area contributed by atoms with Crippen molar-refractivity contribution in [2.24, 2.45) is 5.73 Å². The lowest BCUT2D eigenvalue weighted by Gasteiger charge is -2.23. The minimum Gasteiger partial charge on any atom is -0.493 e. The molecule has 4 aromatic rings. The largest absolute Gasteiger partial charge is 0.493 e. The Kier molecular flexibility index (Phi) is 4.64. The molecule has 2 heterocycles. The molecule has 30 heavy (non-hydrogen) atoms. The molecule has 0 amide bonds. The van der Waals surface area contributed by atoms with Gasteiger partial charge in [0.05, 0.1) is 24.0 Å². The van der Waals surface area contributed by atoms with E-state index in [1.165, 1.54) is 17.7 Å². The number of halogens is 1. The van der Waals surface area contributed by atoms with Gasteiger partial charge in [0.1, 0.15) is 23.4 Å². The van der Waals surface area contributed by atoms with Crippen LogP contribution in [0.25, 0.3) is 16.6 Å². The summed E-state index contributed by atoms with van der Waals surface area (Å²) in [5.41, 5.74) is 10.2. The van der Waals surface area contributed by atoms with Crippen LogP contribution in [0.4, 0.5) is 4.39 Å². The Labute approximate surface area is 173 Å². The number of aromatic nitrogens is 2. The highest BCUT2D eigenvalue weighted by Gasteiger charge is 2.22. The Morgan fingerprint density at radius 1 is 1.10 bits per heavy atom. The molecule has 3 aromatic carbocycles. The molecule has 2 N–H and O–H groups in total. The van der Waals surface area contributed by atoms with Gasteiger partial charge in [-0.05, 0) is 66.6 Å². The Bertz CT molecular complexity index is 1200. The third-order valence-electron chi connectivity index (χ3n) is 5.40. The van der Waals surface area contributed by atoms with Crippen LogP contribution in [0.5, 0.6) is 11.5 Å². The van der Waals surface area contributed by atoms with E-state index in [1.54, 1.807) is 23.0 Å². The zero-order chi connectivity index (χ0) is 20.7. The van der Waals surface area contributed by atoms with Gasteiger partial charge in [0.2, 0.25) is 0 Å². The molecule has 5 nitrogen and oxygen atoms in total. The molecule has 0 fully saturated rings. The van der Waals surface area contributed by atoms with Gasteiger partial charge in [-0.1, -0.05) is 12.1 Å². The van der Waals surface area contributed by atoms with Gasteiger partial charge < -0.3 is 15.2 Å². The molecule has 0 saturated carbocycles. The van der Waals surface area contributed by atoms with Crippen LogP contribution in [0.15, 0.2) is 66.9 Å². The van der Waals surface area contributed by atoms with Gasteiger partial charge in [0.25, 0.3) is 0 Å². The monoisotopic (exact) mass is 403 g/mol. The Balaban J connectivity index is 1.44. The molecule has 1 aliphatic heterocycles. The molecule has 0 spiro atoms. The third kappa shape index (κ3) is 3.39. The summed E-state index contributed by atoms with van der Waals surface area (Å²) in [7, 11) is 0. The van der Waals surface area contributed by atoms with Crippen molar-refractivity contribution in [3.05, 3.63) is 83.8 Å². The zero-order valence-corrected chi connectivity index (χ0v) is 16.6. The van der Waals surface area contributed by atoms with Crippen molar-refractivity contribution < 1.29 is 13.9 Å². The molecule has 6 heteroatoms. The van der Waals surface area contributed by atoms with Gasteiger partial charge in [-0.3, -0.25) is 0 Å². The lowest BCUT2D eigenvalue weighted by Crippen LogP contribution is -2.29. The number of rotatable bonds is 5. The van der Waals surface area contributed by atoms with Crippen LogP contribution in [0.3, 0.4) is 0 Å². The Morgan fingerprint density at radius 3 is 2.73 bits per heavy atom. The second kappa shape index (κ2) is 7.46. The van der Waals surface area contributed by atoms with Crippen LogP contribution in [0.2, 0.25) is 0 Å². The predicted octanol–water partition coefficient (Wildman–Crippen LogP) is 4.57. The Morgan fingerprint density at radius 2 is 1.93 bits per heavy atom. The van der Waals surface area contributed by atoms with Crippen molar-refractivity contribution in [3.8, 4) is 17.2 Å². The van der Waals surface area contributed by atoms with E-state index in [-0.39, 0.29) is 18.0 Å². The molecule has 2 unspecified atom stereocenters. The molecule has 152 valence electrons. The molecule has 0 aliphatic carbocycles. The quantitative estimate of drug-likeness (QED) is 0.530. The van der Waals surface area contributed by atoms with E-state index in [0.29, 0.717) is 5.75 Å². The van der Waals surface area contributed by atoms with Gasteiger partial charge in [-0.2, -0.15) is 5.10 Å². The summed E-state index contributed by atoms with van der Waals surface area (Å²) in [5, 5.41) is 5.37. The molecule has 0 saturated heterocycles. The minimum atomic E-state index is -0.302. The minimum absolute atomic E-state index is 0.206. The second-order valence-corrected chi connectivity index (χ2v) is 7.62. The van der Waals surface area contributed by atoms with Crippen molar-refractivity contribution in [2.75, 3.05) is 6.61 Å². The molecule has 1 aromatic heterocycles. The number of fused-ring (bicyclic) bond motifs is 2. The maximum atomic E-state index is 13.2. The second-order valence-electron chi connectivity index (χ2n) is 7.62. The van der Waals surface area contributed by atoms with E-state index in [0.717, 1.165) is 40.9 Å². The summed E-state index contributed by atoms with van der Waals surface area (Å²) in [4.78, 5) is 0. The highest BCUT2D eigenvalue weighted by Crippen LogP contribution is 2.33. The standard InChI is InChI=1S/C24H22FN3O2/c1-15(26)24(17-3-2-16-10-11-29-23(16)13-17)30-21-8-9-22-18(12-21)14-27-28(22)20-6-4-19(25)5-7-20/h2-9,12-15,24H,10-11,26H2,1H3. The fraction of sp³-hybridized carbons (Fsp3) is 0.208. The topological polar surface area (TPSA) is 62.3 Å². The molecular formula is C24H22FN3O2. The molecule has 0 bridgehead atoms. The summed E-state index contributed by atoms with van der Waals surface area (Å²) >= 11 is 0. The number of nitrogens with zero attached hydrogens (tertiary/aromatic N) is 2. The van der Waals surface area contributed by atoms with Crippen molar-refractivity contribution in [1.82, 2.24) is 9.78 Å². The van der Waals surface area contributed by atoms with E-state index in [9.17, 15) is 4.39 Å². The van der Waals surface area contributed by atoms with Crippen LogP contribution in [0.1, 0.15) is 24.2 Å². The van der Waals surface area contributed by atoms with Crippen molar-refractivity contribution in [2.45, 2.75) is 25.5 Å². The maximum absolute atomic E-state index is 13.2. The average molecular weight is 403 g/mol. The van der Waals surface area contributed by atoms with Gasteiger partial charge >= 0.3 is 0 Å². The lowest BCUT2D eigenvalue weighted by molar-refractivity contribution is 0.180. The maximum Gasteiger partial charge on any atom is 0.139 e. The zero-order valence-electron chi connectivity index (χ0n) is 16.6. The average Bonchev–Trinajstić information content (AvgIpc) is 3.38. The summed E-state index contributed by atoms with van der Waals surface area (Å²) < 4.78 is 27.0. The first kappa shape index (κ1) is 18.6. The lowest BCUT2D eigenvalue weighted by atomic mass is 10.0. The van der Waals surface area contributed by atoms with Crippen LogP contribution < -0.4 is 15.2 Å². The smallest absolute Gasteiger partial charge is 0.139 e. The summed E-state index contributed by atoms with van der Waals surface area (Å²) in [5.74, 6) is 1.35. The van der Waals surface area contributed by atoms with Gasteiger partial charge in [0.15, 0.2) is 0 Å². The first-order valence-corrected chi connectivity index (χ1v) is 10.00. The molecule has 0 radical (unpaired) electrons. The first-order valence-electron chi connectivity index (χ1n) is 10.00. The van der Waals surface area contributed by atoms with E-state index in [2.05, 4.69) is 17.2 Å². The summed E-state index contributed by atoms with van der Waals surface area (Å²) in [6.07, 6.45) is 2.41. The highest BCUT2D eigenvalue weighted by molar-refractivity contribution is 5.81.